The fourth-order valence-electron chi connectivity index (χ4n) is 0.663. The standard InChI is InChI=1S/C8H14O2/c1-3-7(2)5-4-6-8(9)10/h3H,4-6H2,1-2H3,(H,9,10)/b7-3-. The maximum Gasteiger partial charge on any atom is 0.303 e. The number of allylic oxidation sites excluding steroid dienone is 2. The molecule has 1 N–H and O–H groups in total. The molecule has 0 aromatic heterocycles. The molecule has 0 aromatic rings. The number of hydrogen-bond donors (Lipinski definition) is 1. The number of carboxylic acids is 1. The smallest absolute Gasteiger partial charge is 0.303 e. The van der Waals surface area contributed by atoms with Gasteiger partial charge in [0.15, 0.2) is 0 Å². The van der Waals surface area contributed by atoms with E-state index in [2.05, 4.69) is 0 Å². The SMILES string of the molecule is C/C=C(/C)CCCC(=O)O. The van der Waals surface area contributed by atoms with Crippen LogP contribution in [0.5, 0.6) is 0 Å². The van der Waals surface area contributed by atoms with Crippen LogP contribution >= 0.6 is 0 Å². The molecular weight excluding hydrogens is 128 g/mol. The highest BCUT2D eigenvalue weighted by molar-refractivity contribution is 5.66. The zero-order valence-corrected chi connectivity index (χ0v) is 6.55. The summed E-state index contributed by atoms with van der Waals surface area (Å²) in [4.78, 5) is 10.0. The summed E-state index contributed by atoms with van der Waals surface area (Å²) in [5, 5.41) is 8.28. The third-order valence-electron chi connectivity index (χ3n) is 1.45. The summed E-state index contributed by atoms with van der Waals surface area (Å²) < 4.78 is 0. The van der Waals surface area contributed by atoms with E-state index in [-0.39, 0.29) is 6.42 Å². The van der Waals surface area contributed by atoms with E-state index in [4.69, 9.17) is 5.11 Å². The van der Waals surface area contributed by atoms with Crippen LogP contribution in [0, 0.1) is 0 Å². The van der Waals surface area contributed by atoms with Gasteiger partial charge in [0.2, 0.25) is 0 Å². The molecule has 0 bridgehead atoms. The van der Waals surface area contributed by atoms with Gasteiger partial charge >= 0.3 is 5.97 Å². The lowest BCUT2D eigenvalue weighted by Crippen LogP contribution is -1.93. The van der Waals surface area contributed by atoms with Gasteiger partial charge < -0.3 is 5.11 Å². The molecule has 0 aromatic carbocycles. The maximum absolute atomic E-state index is 10.0. The second-order valence-electron chi connectivity index (χ2n) is 2.38. The van der Waals surface area contributed by atoms with Crippen molar-refractivity contribution in [2.75, 3.05) is 0 Å². The summed E-state index contributed by atoms with van der Waals surface area (Å²) in [6, 6.07) is 0. The predicted octanol–water partition coefficient (Wildman–Crippen LogP) is 2.21. The third kappa shape index (κ3) is 5.35. The minimum absolute atomic E-state index is 0.283. The largest absolute Gasteiger partial charge is 0.481 e. The van der Waals surface area contributed by atoms with Crippen molar-refractivity contribution in [2.45, 2.75) is 33.1 Å². The molecule has 58 valence electrons. The molecule has 0 aliphatic heterocycles. The number of aliphatic carboxylic acids is 1. The lowest BCUT2D eigenvalue weighted by molar-refractivity contribution is -0.137. The molecule has 2 nitrogen and oxygen atoms in total. The Hall–Kier alpha value is -0.790. The molecule has 0 atom stereocenters. The summed E-state index contributed by atoms with van der Waals surface area (Å²) in [7, 11) is 0. The zero-order chi connectivity index (χ0) is 7.98. The van der Waals surface area contributed by atoms with Crippen molar-refractivity contribution in [3.63, 3.8) is 0 Å². The highest BCUT2D eigenvalue weighted by atomic mass is 16.4. The van der Waals surface area contributed by atoms with E-state index in [0.717, 1.165) is 12.8 Å². The molecule has 0 saturated heterocycles. The predicted molar refractivity (Wildman–Crippen MR) is 40.9 cm³/mol. The van der Waals surface area contributed by atoms with Gasteiger partial charge in [-0.15, -0.1) is 0 Å². The van der Waals surface area contributed by atoms with Gasteiger partial charge in [0, 0.05) is 6.42 Å². The first-order valence-electron chi connectivity index (χ1n) is 3.50. The van der Waals surface area contributed by atoms with Crippen LogP contribution in [-0.2, 0) is 4.79 Å². The molecular formula is C8H14O2. The summed E-state index contributed by atoms with van der Waals surface area (Å²) in [5.41, 5.74) is 1.27. The normalized spacial score (nSPS) is 11.6. The number of hydrogen-bond acceptors (Lipinski definition) is 1. The molecule has 0 spiro atoms. The average molecular weight is 142 g/mol. The van der Waals surface area contributed by atoms with Crippen LogP contribution in [0.15, 0.2) is 11.6 Å². The highest BCUT2D eigenvalue weighted by Gasteiger charge is 1.95. The fraction of sp³-hybridized carbons (Fsp3) is 0.625. The highest BCUT2D eigenvalue weighted by Crippen LogP contribution is 2.05. The molecule has 10 heavy (non-hydrogen) atoms. The molecule has 0 heterocycles. The molecule has 0 aliphatic rings. The minimum atomic E-state index is -0.705. The Morgan fingerprint density at radius 3 is 2.50 bits per heavy atom. The average Bonchev–Trinajstić information content (AvgIpc) is 1.87. The number of rotatable bonds is 4. The fourth-order valence-corrected chi connectivity index (χ4v) is 0.663. The Bertz CT molecular complexity index is 136. The summed E-state index contributed by atoms with van der Waals surface area (Å²) in [5.74, 6) is -0.705. The quantitative estimate of drug-likeness (QED) is 0.611. The monoisotopic (exact) mass is 142 g/mol. The van der Waals surface area contributed by atoms with Crippen molar-refractivity contribution in [1.82, 2.24) is 0 Å². The molecule has 0 unspecified atom stereocenters. The second-order valence-corrected chi connectivity index (χ2v) is 2.38. The van der Waals surface area contributed by atoms with Crippen molar-refractivity contribution in [2.24, 2.45) is 0 Å². The van der Waals surface area contributed by atoms with Crippen LogP contribution in [0.2, 0.25) is 0 Å². The van der Waals surface area contributed by atoms with Crippen LogP contribution in [0.3, 0.4) is 0 Å². The van der Waals surface area contributed by atoms with Crippen molar-refractivity contribution in [1.29, 1.82) is 0 Å². The van der Waals surface area contributed by atoms with Gasteiger partial charge in [0.05, 0.1) is 0 Å². The first kappa shape index (κ1) is 9.21. The first-order valence-corrected chi connectivity index (χ1v) is 3.50. The van der Waals surface area contributed by atoms with E-state index in [1.165, 1.54) is 5.57 Å². The minimum Gasteiger partial charge on any atom is -0.481 e. The van der Waals surface area contributed by atoms with Crippen LogP contribution in [0.25, 0.3) is 0 Å². The van der Waals surface area contributed by atoms with Gasteiger partial charge in [-0.05, 0) is 26.7 Å². The topological polar surface area (TPSA) is 37.3 Å². The maximum atomic E-state index is 10.0. The molecule has 0 amide bonds. The Labute approximate surface area is 61.6 Å². The molecule has 0 rings (SSSR count). The summed E-state index contributed by atoms with van der Waals surface area (Å²) in [6.07, 6.45) is 3.96. The van der Waals surface area contributed by atoms with Crippen molar-refractivity contribution < 1.29 is 9.90 Å². The zero-order valence-electron chi connectivity index (χ0n) is 6.55. The molecule has 0 saturated carbocycles. The van der Waals surface area contributed by atoms with Crippen LogP contribution in [0.1, 0.15) is 33.1 Å². The van der Waals surface area contributed by atoms with Gasteiger partial charge in [-0.1, -0.05) is 11.6 Å². The van der Waals surface area contributed by atoms with E-state index in [1.54, 1.807) is 0 Å². The van der Waals surface area contributed by atoms with Gasteiger partial charge in [-0.25, -0.2) is 0 Å². The summed E-state index contributed by atoms with van der Waals surface area (Å²) in [6.45, 7) is 3.98. The van der Waals surface area contributed by atoms with Gasteiger partial charge in [0.1, 0.15) is 0 Å². The molecule has 0 aliphatic carbocycles. The number of carbonyl (C=O) groups is 1. The van der Waals surface area contributed by atoms with Crippen molar-refractivity contribution in [3.05, 3.63) is 11.6 Å². The second kappa shape index (κ2) is 5.03. The number of carboxylic acid groups (broad SMARTS) is 1. The van der Waals surface area contributed by atoms with Gasteiger partial charge in [-0.2, -0.15) is 0 Å². The van der Waals surface area contributed by atoms with Crippen LogP contribution < -0.4 is 0 Å². The third-order valence-corrected chi connectivity index (χ3v) is 1.45. The lowest BCUT2D eigenvalue weighted by Gasteiger charge is -1.96. The van der Waals surface area contributed by atoms with Crippen molar-refractivity contribution in [3.8, 4) is 0 Å². The van der Waals surface area contributed by atoms with Crippen LogP contribution in [0.4, 0.5) is 0 Å². The Morgan fingerprint density at radius 1 is 1.50 bits per heavy atom. The molecule has 0 fully saturated rings. The summed E-state index contributed by atoms with van der Waals surface area (Å²) >= 11 is 0. The first-order chi connectivity index (χ1) is 4.66. The van der Waals surface area contributed by atoms with E-state index in [9.17, 15) is 4.79 Å². The van der Waals surface area contributed by atoms with E-state index >= 15 is 0 Å². The Morgan fingerprint density at radius 2 is 2.10 bits per heavy atom. The Kier molecular flexibility index (Phi) is 4.63. The van der Waals surface area contributed by atoms with Crippen LogP contribution in [-0.4, -0.2) is 11.1 Å². The molecule has 2 heteroatoms. The Balaban J connectivity index is 3.29. The van der Waals surface area contributed by atoms with Crippen molar-refractivity contribution >= 4 is 5.97 Å². The lowest BCUT2D eigenvalue weighted by atomic mass is 10.1. The van der Waals surface area contributed by atoms with E-state index < -0.39 is 5.97 Å². The van der Waals surface area contributed by atoms with Gasteiger partial charge in [-0.3, -0.25) is 4.79 Å². The van der Waals surface area contributed by atoms with E-state index in [0.29, 0.717) is 0 Å². The molecule has 0 radical (unpaired) electrons. The van der Waals surface area contributed by atoms with E-state index in [1.807, 2.05) is 19.9 Å². The van der Waals surface area contributed by atoms with Gasteiger partial charge in [0.25, 0.3) is 0 Å².